The van der Waals surface area contributed by atoms with Gasteiger partial charge in [0.1, 0.15) is 13.2 Å². The highest BCUT2D eigenvalue weighted by Gasteiger charge is 2.19. The van der Waals surface area contributed by atoms with Crippen molar-refractivity contribution < 1.29 is 28.6 Å². The minimum atomic E-state index is -0.762. The second kappa shape index (κ2) is 48.9. The van der Waals surface area contributed by atoms with Crippen LogP contribution in [0.25, 0.3) is 0 Å². The van der Waals surface area contributed by atoms with Crippen LogP contribution >= 0.6 is 0 Å². The molecular formula is C56H108O6. The molecule has 0 aliphatic carbocycles. The van der Waals surface area contributed by atoms with Crippen LogP contribution < -0.4 is 0 Å². The van der Waals surface area contributed by atoms with Gasteiger partial charge in [0.2, 0.25) is 0 Å². The Hall–Kier alpha value is -1.59. The molecular weight excluding hydrogens is 769 g/mol. The molecule has 0 saturated carbocycles. The first-order chi connectivity index (χ1) is 30.2. The Morgan fingerprint density at radius 2 is 0.532 bits per heavy atom. The molecule has 368 valence electrons. The Labute approximate surface area is 387 Å². The average Bonchev–Trinajstić information content (AvgIpc) is 3.24. The summed E-state index contributed by atoms with van der Waals surface area (Å²) in [7, 11) is 0. The van der Waals surface area contributed by atoms with E-state index in [1.54, 1.807) is 0 Å². The molecule has 0 aromatic rings. The predicted molar refractivity (Wildman–Crippen MR) is 266 cm³/mol. The van der Waals surface area contributed by atoms with Crippen molar-refractivity contribution in [2.24, 2.45) is 11.8 Å². The highest BCUT2D eigenvalue weighted by molar-refractivity contribution is 5.71. The van der Waals surface area contributed by atoms with Crippen LogP contribution in [0, 0.1) is 11.8 Å². The molecule has 0 saturated heterocycles. The lowest BCUT2D eigenvalue weighted by molar-refractivity contribution is -0.167. The molecule has 0 rings (SSSR count). The fourth-order valence-corrected chi connectivity index (χ4v) is 8.52. The van der Waals surface area contributed by atoms with Gasteiger partial charge in [-0.2, -0.15) is 0 Å². The first-order valence-electron chi connectivity index (χ1n) is 27.7. The van der Waals surface area contributed by atoms with Crippen LogP contribution in [0.5, 0.6) is 0 Å². The number of hydrogen-bond donors (Lipinski definition) is 0. The number of ether oxygens (including phenoxy) is 3. The topological polar surface area (TPSA) is 78.9 Å². The summed E-state index contributed by atoms with van der Waals surface area (Å²) in [5, 5.41) is 0. The van der Waals surface area contributed by atoms with Gasteiger partial charge < -0.3 is 14.2 Å². The van der Waals surface area contributed by atoms with Gasteiger partial charge in [-0.05, 0) is 31.1 Å². The van der Waals surface area contributed by atoms with E-state index in [0.29, 0.717) is 19.3 Å². The highest BCUT2D eigenvalue weighted by Crippen LogP contribution is 2.18. The van der Waals surface area contributed by atoms with Gasteiger partial charge in [-0.1, -0.05) is 272 Å². The van der Waals surface area contributed by atoms with Gasteiger partial charge in [0.15, 0.2) is 6.10 Å². The molecule has 0 unspecified atom stereocenters. The first-order valence-corrected chi connectivity index (χ1v) is 27.7. The van der Waals surface area contributed by atoms with Gasteiger partial charge in [-0.3, -0.25) is 14.4 Å². The molecule has 0 aromatic heterocycles. The maximum absolute atomic E-state index is 12.8. The molecule has 6 heteroatoms. The summed E-state index contributed by atoms with van der Waals surface area (Å²) in [6.07, 6.45) is 51.0. The summed E-state index contributed by atoms with van der Waals surface area (Å²) in [4.78, 5) is 38.0. The number of rotatable bonds is 50. The van der Waals surface area contributed by atoms with Crippen molar-refractivity contribution in [3.63, 3.8) is 0 Å². The van der Waals surface area contributed by atoms with Crippen LogP contribution in [0.2, 0.25) is 0 Å². The van der Waals surface area contributed by atoms with Crippen LogP contribution in [0.3, 0.4) is 0 Å². The zero-order chi connectivity index (χ0) is 45.4. The number of esters is 3. The van der Waals surface area contributed by atoms with Crippen molar-refractivity contribution in [2.75, 3.05) is 13.2 Å². The van der Waals surface area contributed by atoms with Crippen molar-refractivity contribution >= 4 is 17.9 Å². The Balaban J connectivity index is 4.26. The molecule has 0 aliphatic rings. The number of carbonyl (C=O) groups excluding carboxylic acids is 3. The van der Waals surface area contributed by atoms with Crippen LogP contribution in [0.4, 0.5) is 0 Å². The number of unbranched alkanes of at least 4 members (excludes halogenated alkanes) is 35. The Bertz CT molecular complexity index is 947. The summed E-state index contributed by atoms with van der Waals surface area (Å²) in [5.74, 6) is 0.788. The second-order valence-corrected chi connectivity index (χ2v) is 20.2. The molecule has 0 amide bonds. The lowest BCUT2D eigenvalue weighted by Gasteiger charge is -2.18. The van der Waals surface area contributed by atoms with Crippen molar-refractivity contribution in [1.82, 2.24) is 0 Å². The normalized spacial score (nSPS) is 12.0. The van der Waals surface area contributed by atoms with Gasteiger partial charge in [-0.25, -0.2) is 0 Å². The summed E-state index contributed by atoms with van der Waals surface area (Å²) in [5.41, 5.74) is 0. The minimum Gasteiger partial charge on any atom is -0.462 e. The van der Waals surface area contributed by atoms with Crippen molar-refractivity contribution in [3.05, 3.63) is 0 Å². The first kappa shape index (κ1) is 60.4. The van der Waals surface area contributed by atoms with E-state index < -0.39 is 6.10 Å². The zero-order valence-corrected chi connectivity index (χ0v) is 42.5. The summed E-state index contributed by atoms with van der Waals surface area (Å²) >= 11 is 0. The third kappa shape index (κ3) is 49.4. The van der Waals surface area contributed by atoms with E-state index >= 15 is 0 Å². The maximum atomic E-state index is 12.8. The van der Waals surface area contributed by atoms with Crippen LogP contribution in [0.1, 0.15) is 311 Å². The SMILES string of the molecule is CCCCCCCCCCCCCCCCCCCC(=O)OC[C@H](COC(=O)CCCCCCCCCCCCCCCC(C)C)OC(=O)CCCCCCCCCCC(C)C. The van der Waals surface area contributed by atoms with Gasteiger partial charge in [0.25, 0.3) is 0 Å². The Kier molecular flexibility index (Phi) is 47.6. The minimum absolute atomic E-state index is 0.0636. The van der Waals surface area contributed by atoms with Crippen molar-refractivity contribution in [1.29, 1.82) is 0 Å². The molecule has 0 fully saturated rings. The largest absolute Gasteiger partial charge is 0.462 e. The van der Waals surface area contributed by atoms with E-state index in [-0.39, 0.29) is 31.1 Å². The maximum Gasteiger partial charge on any atom is 0.306 e. The van der Waals surface area contributed by atoms with Gasteiger partial charge in [-0.15, -0.1) is 0 Å². The quantitative estimate of drug-likeness (QED) is 0.0344. The van der Waals surface area contributed by atoms with Gasteiger partial charge in [0, 0.05) is 19.3 Å². The molecule has 62 heavy (non-hydrogen) atoms. The van der Waals surface area contributed by atoms with E-state index in [1.165, 1.54) is 199 Å². The third-order valence-corrected chi connectivity index (χ3v) is 12.7. The fraction of sp³-hybridized carbons (Fsp3) is 0.946. The van der Waals surface area contributed by atoms with E-state index in [2.05, 4.69) is 34.6 Å². The molecule has 0 bridgehead atoms. The number of carbonyl (C=O) groups is 3. The lowest BCUT2D eigenvalue weighted by Crippen LogP contribution is -2.30. The van der Waals surface area contributed by atoms with Crippen LogP contribution in [-0.4, -0.2) is 37.2 Å². The average molecular weight is 877 g/mol. The highest BCUT2D eigenvalue weighted by atomic mass is 16.6. The van der Waals surface area contributed by atoms with Crippen molar-refractivity contribution in [3.8, 4) is 0 Å². The third-order valence-electron chi connectivity index (χ3n) is 12.7. The van der Waals surface area contributed by atoms with E-state index in [1.807, 2.05) is 0 Å². The fourth-order valence-electron chi connectivity index (χ4n) is 8.52. The zero-order valence-electron chi connectivity index (χ0n) is 42.5. The van der Waals surface area contributed by atoms with E-state index in [9.17, 15) is 14.4 Å². The van der Waals surface area contributed by atoms with Crippen molar-refractivity contribution in [2.45, 2.75) is 317 Å². The standard InChI is InChI=1S/C56H108O6/c1-6-7-8-9-10-11-12-13-14-15-16-19-22-25-31-36-41-46-54(57)60-49-53(62-56(59)48-43-38-33-28-27-30-35-40-45-52(4)5)50-61-55(58)47-42-37-32-26-23-20-17-18-21-24-29-34-39-44-51(2)3/h51-53H,6-50H2,1-5H3/t53-/m1/s1. The summed E-state index contributed by atoms with van der Waals surface area (Å²) < 4.78 is 16.8. The summed E-state index contributed by atoms with van der Waals surface area (Å²) in [6, 6.07) is 0. The second-order valence-electron chi connectivity index (χ2n) is 20.2. The molecule has 0 N–H and O–H groups in total. The molecule has 1 atom stereocenters. The molecule has 0 heterocycles. The molecule has 0 aliphatic heterocycles. The van der Waals surface area contributed by atoms with Crippen LogP contribution in [0.15, 0.2) is 0 Å². The number of hydrogen-bond acceptors (Lipinski definition) is 6. The molecule has 6 nitrogen and oxygen atoms in total. The lowest BCUT2D eigenvalue weighted by atomic mass is 10.0. The van der Waals surface area contributed by atoms with Gasteiger partial charge in [0.05, 0.1) is 0 Å². The smallest absolute Gasteiger partial charge is 0.306 e. The molecule has 0 aromatic carbocycles. The Morgan fingerprint density at radius 1 is 0.306 bits per heavy atom. The Morgan fingerprint density at radius 3 is 0.790 bits per heavy atom. The molecule has 0 spiro atoms. The summed E-state index contributed by atoms with van der Waals surface area (Å²) in [6.45, 7) is 11.4. The predicted octanol–water partition coefficient (Wildman–Crippen LogP) is 18.1. The monoisotopic (exact) mass is 877 g/mol. The van der Waals surface area contributed by atoms with E-state index in [4.69, 9.17) is 14.2 Å². The van der Waals surface area contributed by atoms with E-state index in [0.717, 1.165) is 69.6 Å². The van der Waals surface area contributed by atoms with Crippen LogP contribution in [-0.2, 0) is 28.6 Å². The molecule has 0 radical (unpaired) electrons. The van der Waals surface area contributed by atoms with Gasteiger partial charge >= 0.3 is 17.9 Å².